The van der Waals surface area contributed by atoms with Gasteiger partial charge in [-0.1, -0.05) is 56.3 Å². The molecule has 1 fully saturated rings. The molecule has 0 radical (unpaired) electrons. The van der Waals surface area contributed by atoms with E-state index in [1.165, 1.54) is 11.1 Å². The normalized spacial score (nSPS) is 15.4. The number of hydrogen-bond acceptors (Lipinski definition) is 3. The van der Waals surface area contributed by atoms with Gasteiger partial charge in [-0.25, -0.2) is 0 Å². The molecule has 1 aliphatic heterocycles. The van der Waals surface area contributed by atoms with Gasteiger partial charge in [-0.15, -0.1) is 0 Å². The predicted molar refractivity (Wildman–Crippen MR) is 97.8 cm³/mol. The third-order valence-corrected chi connectivity index (χ3v) is 4.85. The second-order valence-electron chi connectivity index (χ2n) is 6.82. The van der Waals surface area contributed by atoms with Crippen LogP contribution in [0.1, 0.15) is 25.0 Å². The van der Waals surface area contributed by atoms with Gasteiger partial charge in [0.2, 0.25) is 0 Å². The smallest absolute Gasteiger partial charge is 0.119 e. The summed E-state index contributed by atoms with van der Waals surface area (Å²) in [4.78, 5) is 2.39. The minimum atomic E-state index is -0.00636. The van der Waals surface area contributed by atoms with Crippen molar-refractivity contribution in [3.63, 3.8) is 0 Å². The van der Waals surface area contributed by atoms with Gasteiger partial charge in [-0.2, -0.15) is 0 Å². The molecule has 0 amide bonds. The number of morpholine rings is 1. The fraction of sp³-hybridized carbons (Fsp3) is 0.429. The van der Waals surface area contributed by atoms with Gasteiger partial charge in [-0.3, -0.25) is 4.90 Å². The average molecular weight is 361 g/mol. The fourth-order valence-electron chi connectivity index (χ4n) is 3.11. The van der Waals surface area contributed by atoms with Crippen LogP contribution < -0.4 is 17.1 Å². The quantitative estimate of drug-likeness (QED) is 0.758. The molecule has 2 aromatic carbocycles. The molecule has 25 heavy (non-hydrogen) atoms. The van der Waals surface area contributed by atoms with Crippen LogP contribution in [0.5, 0.6) is 5.75 Å². The van der Waals surface area contributed by atoms with Gasteiger partial charge in [0.05, 0.1) is 13.2 Å². The molecule has 0 aliphatic carbocycles. The molecule has 0 saturated carbocycles. The van der Waals surface area contributed by atoms with Crippen LogP contribution in [0.2, 0.25) is 0 Å². The Labute approximate surface area is 157 Å². The molecular formula is C21H27ClNO2-. The van der Waals surface area contributed by atoms with Crippen molar-refractivity contribution in [1.29, 1.82) is 0 Å². The summed E-state index contributed by atoms with van der Waals surface area (Å²) in [6.45, 7) is 9.89. The summed E-state index contributed by atoms with van der Waals surface area (Å²) in [6, 6.07) is 19.2. The highest BCUT2D eigenvalue weighted by Gasteiger charge is 2.22. The van der Waals surface area contributed by atoms with Crippen molar-refractivity contribution in [1.82, 2.24) is 4.90 Å². The Morgan fingerprint density at radius 1 is 0.920 bits per heavy atom. The van der Waals surface area contributed by atoms with Crippen molar-refractivity contribution in [2.45, 2.75) is 19.3 Å². The molecule has 1 saturated heterocycles. The van der Waals surface area contributed by atoms with Crippen LogP contribution in [0.15, 0.2) is 54.6 Å². The maximum absolute atomic E-state index is 5.90. The zero-order valence-corrected chi connectivity index (χ0v) is 15.8. The number of benzene rings is 2. The fourth-order valence-corrected chi connectivity index (χ4v) is 3.11. The van der Waals surface area contributed by atoms with E-state index < -0.39 is 0 Å². The Balaban J connectivity index is 0.00000225. The highest BCUT2D eigenvalue weighted by Crippen LogP contribution is 2.32. The first-order chi connectivity index (χ1) is 11.7. The number of rotatable bonds is 6. The molecule has 4 heteroatoms. The van der Waals surface area contributed by atoms with E-state index in [0.717, 1.165) is 45.2 Å². The van der Waals surface area contributed by atoms with Crippen LogP contribution in [0.4, 0.5) is 0 Å². The Bertz CT molecular complexity index is 622. The molecular weight excluding hydrogens is 334 g/mol. The van der Waals surface area contributed by atoms with Gasteiger partial charge >= 0.3 is 0 Å². The molecule has 0 aromatic heterocycles. The van der Waals surface area contributed by atoms with E-state index in [0.29, 0.717) is 0 Å². The standard InChI is InChI=1S/C21H27NO2.ClH/c1-21(2,18-6-4-3-5-7-18)19-8-10-20(11-9-19)24-17-14-22-12-15-23-16-13-22;/h3-11H,12-17H2,1-2H3;1H/p-1. The number of halogens is 1. The lowest BCUT2D eigenvalue weighted by Crippen LogP contribution is -3.00. The van der Waals surface area contributed by atoms with E-state index in [4.69, 9.17) is 9.47 Å². The summed E-state index contributed by atoms with van der Waals surface area (Å²) < 4.78 is 11.3. The van der Waals surface area contributed by atoms with E-state index in [2.05, 4.69) is 73.3 Å². The van der Waals surface area contributed by atoms with E-state index >= 15 is 0 Å². The maximum Gasteiger partial charge on any atom is 0.119 e. The number of hydrogen-bond donors (Lipinski definition) is 0. The average Bonchev–Trinajstić information content (AvgIpc) is 2.64. The summed E-state index contributed by atoms with van der Waals surface area (Å²) in [7, 11) is 0. The molecule has 0 unspecified atom stereocenters. The van der Waals surface area contributed by atoms with Crippen molar-refractivity contribution in [3.8, 4) is 5.75 Å². The Morgan fingerprint density at radius 3 is 2.16 bits per heavy atom. The molecule has 3 nitrogen and oxygen atoms in total. The largest absolute Gasteiger partial charge is 1.00 e. The van der Waals surface area contributed by atoms with E-state index in [1.807, 2.05) is 0 Å². The van der Waals surface area contributed by atoms with Crippen LogP contribution in [0.3, 0.4) is 0 Å². The molecule has 1 heterocycles. The van der Waals surface area contributed by atoms with Gasteiger partial charge < -0.3 is 21.9 Å². The van der Waals surface area contributed by atoms with E-state index in [9.17, 15) is 0 Å². The summed E-state index contributed by atoms with van der Waals surface area (Å²) in [5.41, 5.74) is 2.62. The van der Waals surface area contributed by atoms with Crippen molar-refractivity contribution >= 4 is 0 Å². The summed E-state index contributed by atoms with van der Waals surface area (Å²) in [6.07, 6.45) is 0. The predicted octanol–water partition coefficient (Wildman–Crippen LogP) is 0.728. The van der Waals surface area contributed by atoms with Crippen LogP contribution in [0.25, 0.3) is 0 Å². The summed E-state index contributed by atoms with van der Waals surface area (Å²) in [5.74, 6) is 0.941. The zero-order valence-electron chi connectivity index (χ0n) is 15.1. The molecule has 1 aliphatic rings. The third-order valence-electron chi connectivity index (χ3n) is 4.85. The molecule has 3 rings (SSSR count). The SMILES string of the molecule is CC(C)(c1ccccc1)c1ccc(OCCN2CCOCC2)cc1.[Cl-]. The molecule has 0 spiro atoms. The lowest BCUT2D eigenvalue weighted by Gasteiger charge is -2.27. The van der Waals surface area contributed by atoms with Crippen molar-refractivity contribution in [2.75, 3.05) is 39.5 Å². The van der Waals surface area contributed by atoms with Crippen molar-refractivity contribution < 1.29 is 21.9 Å². The van der Waals surface area contributed by atoms with Crippen LogP contribution in [-0.2, 0) is 10.2 Å². The Kier molecular flexibility index (Phi) is 7.30. The molecule has 136 valence electrons. The minimum absolute atomic E-state index is 0. The molecule has 0 bridgehead atoms. The highest BCUT2D eigenvalue weighted by atomic mass is 35.5. The van der Waals surface area contributed by atoms with Crippen molar-refractivity contribution in [2.24, 2.45) is 0 Å². The minimum Gasteiger partial charge on any atom is -1.00 e. The summed E-state index contributed by atoms with van der Waals surface area (Å²) in [5, 5.41) is 0. The first-order valence-corrected chi connectivity index (χ1v) is 8.75. The van der Waals surface area contributed by atoms with Gasteiger partial charge in [0.1, 0.15) is 12.4 Å². The number of nitrogens with zero attached hydrogens (tertiary/aromatic N) is 1. The molecule has 0 N–H and O–H groups in total. The second kappa shape index (κ2) is 9.23. The first kappa shape index (κ1) is 19.8. The monoisotopic (exact) mass is 360 g/mol. The van der Waals surface area contributed by atoms with Gasteiger partial charge in [0, 0.05) is 25.0 Å². The van der Waals surface area contributed by atoms with Gasteiger partial charge in [-0.05, 0) is 23.3 Å². The zero-order chi connectivity index (χ0) is 16.8. The topological polar surface area (TPSA) is 21.7 Å². The van der Waals surface area contributed by atoms with E-state index in [-0.39, 0.29) is 17.8 Å². The summed E-state index contributed by atoms with van der Waals surface area (Å²) >= 11 is 0. The van der Waals surface area contributed by atoms with Crippen molar-refractivity contribution in [3.05, 3.63) is 65.7 Å². The van der Waals surface area contributed by atoms with Crippen LogP contribution >= 0.6 is 0 Å². The number of ether oxygens (including phenoxy) is 2. The first-order valence-electron chi connectivity index (χ1n) is 8.75. The van der Waals surface area contributed by atoms with Gasteiger partial charge in [0.15, 0.2) is 0 Å². The highest BCUT2D eigenvalue weighted by molar-refractivity contribution is 5.39. The van der Waals surface area contributed by atoms with Crippen LogP contribution in [-0.4, -0.2) is 44.4 Å². The van der Waals surface area contributed by atoms with E-state index in [1.54, 1.807) is 0 Å². The third kappa shape index (κ3) is 5.21. The maximum atomic E-state index is 5.90. The van der Waals surface area contributed by atoms with Gasteiger partial charge in [0.25, 0.3) is 0 Å². The lowest BCUT2D eigenvalue weighted by atomic mass is 9.78. The lowest BCUT2D eigenvalue weighted by molar-refractivity contribution is -0.00000811. The Morgan fingerprint density at radius 2 is 1.52 bits per heavy atom. The molecule has 2 aromatic rings. The Hall–Kier alpha value is -1.55. The molecule has 0 atom stereocenters. The second-order valence-corrected chi connectivity index (χ2v) is 6.82. The van der Waals surface area contributed by atoms with Crippen LogP contribution in [0, 0.1) is 0 Å².